The van der Waals surface area contributed by atoms with E-state index in [4.69, 9.17) is 0 Å². The Morgan fingerprint density at radius 2 is 2.36 bits per heavy atom. The highest BCUT2D eigenvalue weighted by atomic mass is 16.1. The van der Waals surface area contributed by atoms with Gasteiger partial charge in [-0.1, -0.05) is 6.07 Å². The first-order valence-corrected chi connectivity index (χ1v) is 3.01. The van der Waals surface area contributed by atoms with Crippen molar-refractivity contribution in [2.75, 3.05) is 0 Å². The van der Waals surface area contributed by atoms with Gasteiger partial charge in [0.1, 0.15) is 11.6 Å². The Kier molecular flexibility index (Phi) is 2.31. The van der Waals surface area contributed by atoms with Crippen LogP contribution in [0.3, 0.4) is 0 Å². The van der Waals surface area contributed by atoms with Crippen LogP contribution in [0.4, 0.5) is 0 Å². The maximum Gasteiger partial charge on any atom is 0.215 e. The summed E-state index contributed by atoms with van der Waals surface area (Å²) in [5.41, 5.74) is 0.260. The van der Waals surface area contributed by atoms with E-state index in [9.17, 15) is 9.59 Å². The number of aromatic nitrogens is 1. The highest BCUT2D eigenvalue weighted by Gasteiger charge is 2.00. The van der Waals surface area contributed by atoms with Gasteiger partial charge in [-0.05, 0) is 12.1 Å². The number of allylic oxidation sites excluding steroid dienone is 1. The molecule has 0 unspecified atom stereocenters. The van der Waals surface area contributed by atoms with Crippen molar-refractivity contribution in [1.82, 2.24) is 4.98 Å². The van der Waals surface area contributed by atoms with E-state index in [0.717, 1.165) is 6.08 Å². The monoisotopic (exact) mass is 147 g/mol. The average molecular weight is 147 g/mol. The number of pyridine rings is 1. The molecule has 0 radical (unpaired) electrons. The Hall–Kier alpha value is -1.73. The number of hydrogen-bond acceptors (Lipinski definition) is 3. The van der Waals surface area contributed by atoms with Crippen molar-refractivity contribution < 1.29 is 9.59 Å². The molecular formula is C8H5NO2. The molecule has 3 heteroatoms. The first-order chi connectivity index (χ1) is 5.34. The highest BCUT2D eigenvalue weighted by molar-refractivity contribution is 6.07. The topological polar surface area (TPSA) is 47.0 Å². The van der Waals surface area contributed by atoms with Gasteiger partial charge in [0.15, 0.2) is 0 Å². The van der Waals surface area contributed by atoms with Crippen LogP contribution in [0.25, 0.3) is 0 Å². The second-order valence-electron chi connectivity index (χ2n) is 1.84. The quantitative estimate of drug-likeness (QED) is 0.350. The molecule has 0 aromatic carbocycles. The number of nitrogens with zero attached hydrogens (tertiary/aromatic N) is 1. The standard InChI is InChI=1S/C8H5NO2/c10-6-4-8(11)7-3-1-2-5-9-7/h1-5H. The molecule has 0 aliphatic rings. The molecule has 54 valence electrons. The lowest BCUT2D eigenvalue weighted by molar-refractivity contribution is 0.104. The highest BCUT2D eigenvalue weighted by Crippen LogP contribution is 1.93. The second kappa shape index (κ2) is 3.44. The van der Waals surface area contributed by atoms with Gasteiger partial charge in [0.25, 0.3) is 0 Å². The third-order valence-corrected chi connectivity index (χ3v) is 1.11. The largest absolute Gasteiger partial charge is 0.287 e. The first kappa shape index (κ1) is 7.38. The van der Waals surface area contributed by atoms with Crippen molar-refractivity contribution in [3.05, 3.63) is 36.2 Å². The lowest BCUT2D eigenvalue weighted by Gasteiger charge is -1.88. The minimum Gasteiger partial charge on any atom is -0.287 e. The van der Waals surface area contributed by atoms with Crippen LogP contribution in [0.5, 0.6) is 0 Å². The zero-order valence-electron chi connectivity index (χ0n) is 5.65. The molecule has 0 aliphatic carbocycles. The summed E-state index contributed by atoms with van der Waals surface area (Å²) >= 11 is 0. The molecule has 0 amide bonds. The minimum absolute atomic E-state index is 0.260. The molecule has 11 heavy (non-hydrogen) atoms. The van der Waals surface area contributed by atoms with Gasteiger partial charge in [0, 0.05) is 6.20 Å². The summed E-state index contributed by atoms with van der Waals surface area (Å²) < 4.78 is 0. The van der Waals surface area contributed by atoms with Crippen LogP contribution in [-0.4, -0.2) is 16.7 Å². The number of carbonyl (C=O) groups is 1. The fraction of sp³-hybridized carbons (Fsp3) is 0. The predicted molar refractivity (Wildman–Crippen MR) is 38.8 cm³/mol. The molecule has 0 fully saturated rings. The van der Waals surface area contributed by atoms with Gasteiger partial charge in [0.2, 0.25) is 5.78 Å². The third kappa shape index (κ3) is 1.85. The summed E-state index contributed by atoms with van der Waals surface area (Å²) in [6.45, 7) is 0. The van der Waals surface area contributed by atoms with Gasteiger partial charge in [-0.25, -0.2) is 4.79 Å². The van der Waals surface area contributed by atoms with Gasteiger partial charge in [-0.2, -0.15) is 0 Å². The number of rotatable bonds is 2. The smallest absolute Gasteiger partial charge is 0.215 e. The van der Waals surface area contributed by atoms with Crippen LogP contribution >= 0.6 is 0 Å². The number of carbonyl (C=O) groups excluding carboxylic acids is 2. The van der Waals surface area contributed by atoms with Gasteiger partial charge in [0.05, 0.1) is 6.08 Å². The second-order valence-corrected chi connectivity index (χ2v) is 1.84. The summed E-state index contributed by atoms with van der Waals surface area (Å²) in [4.78, 5) is 24.4. The molecule has 0 aliphatic heterocycles. The van der Waals surface area contributed by atoms with E-state index in [2.05, 4.69) is 4.98 Å². The van der Waals surface area contributed by atoms with E-state index >= 15 is 0 Å². The van der Waals surface area contributed by atoms with Crippen LogP contribution in [0.2, 0.25) is 0 Å². The predicted octanol–water partition coefficient (Wildman–Crippen LogP) is 0.652. The van der Waals surface area contributed by atoms with E-state index in [1.54, 1.807) is 12.1 Å². The molecule has 1 heterocycles. The summed E-state index contributed by atoms with van der Waals surface area (Å²) in [7, 11) is 0. The van der Waals surface area contributed by atoms with Crippen molar-refractivity contribution in [2.45, 2.75) is 0 Å². The lowest BCUT2D eigenvalue weighted by atomic mass is 10.2. The molecule has 1 aromatic heterocycles. The van der Waals surface area contributed by atoms with Gasteiger partial charge in [-0.3, -0.25) is 9.78 Å². The lowest BCUT2D eigenvalue weighted by Crippen LogP contribution is -1.96. The minimum atomic E-state index is -0.416. The molecule has 1 rings (SSSR count). The van der Waals surface area contributed by atoms with E-state index < -0.39 is 5.78 Å². The van der Waals surface area contributed by atoms with Gasteiger partial charge in [-0.15, -0.1) is 0 Å². The Morgan fingerprint density at radius 1 is 1.55 bits per heavy atom. The van der Waals surface area contributed by atoms with Gasteiger partial charge < -0.3 is 0 Å². The zero-order chi connectivity index (χ0) is 8.10. The molecule has 0 saturated heterocycles. The SMILES string of the molecule is O=C=CC(=O)c1ccccn1. The van der Waals surface area contributed by atoms with Crippen LogP contribution < -0.4 is 0 Å². The molecular weight excluding hydrogens is 142 g/mol. The van der Waals surface area contributed by atoms with Crippen molar-refractivity contribution in [2.24, 2.45) is 0 Å². The fourth-order valence-corrected chi connectivity index (χ4v) is 0.636. The van der Waals surface area contributed by atoms with E-state index in [1.165, 1.54) is 18.2 Å². The molecule has 0 atom stereocenters. The van der Waals surface area contributed by atoms with Crippen molar-refractivity contribution in [3.63, 3.8) is 0 Å². The normalized spacial score (nSPS) is 8.36. The number of ketones is 1. The maximum absolute atomic E-state index is 10.9. The molecule has 3 nitrogen and oxygen atoms in total. The molecule has 1 aromatic rings. The Labute approximate surface area is 63.4 Å². The van der Waals surface area contributed by atoms with E-state index in [0.29, 0.717) is 0 Å². The van der Waals surface area contributed by atoms with Crippen molar-refractivity contribution in [1.29, 1.82) is 0 Å². The molecule has 0 saturated carbocycles. The molecule has 0 spiro atoms. The van der Waals surface area contributed by atoms with Crippen molar-refractivity contribution in [3.8, 4) is 0 Å². The summed E-state index contributed by atoms with van der Waals surface area (Å²) in [5.74, 6) is 0.985. The van der Waals surface area contributed by atoms with Gasteiger partial charge >= 0.3 is 0 Å². The summed E-state index contributed by atoms with van der Waals surface area (Å²) in [6.07, 6.45) is 2.31. The Balaban J connectivity index is 2.94. The number of hydrogen-bond donors (Lipinski definition) is 0. The summed E-state index contributed by atoms with van der Waals surface area (Å²) in [5, 5.41) is 0. The maximum atomic E-state index is 10.9. The van der Waals surface area contributed by atoms with E-state index in [-0.39, 0.29) is 5.69 Å². The zero-order valence-corrected chi connectivity index (χ0v) is 5.65. The van der Waals surface area contributed by atoms with Crippen LogP contribution in [0, 0.1) is 0 Å². The van der Waals surface area contributed by atoms with Crippen molar-refractivity contribution >= 4 is 11.7 Å². The van der Waals surface area contributed by atoms with Crippen LogP contribution in [0.15, 0.2) is 30.5 Å². The molecule has 0 N–H and O–H groups in total. The fourth-order valence-electron chi connectivity index (χ4n) is 0.636. The third-order valence-electron chi connectivity index (χ3n) is 1.11. The Bertz CT molecular complexity index is 299. The summed E-state index contributed by atoms with van der Waals surface area (Å²) in [6, 6.07) is 4.91. The van der Waals surface area contributed by atoms with Crippen LogP contribution in [0.1, 0.15) is 10.5 Å². The first-order valence-electron chi connectivity index (χ1n) is 3.01. The van der Waals surface area contributed by atoms with Crippen LogP contribution in [-0.2, 0) is 4.79 Å². The Morgan fingerprint density at radius 3 is 2.91 bits per heavy atom. The van der Waals surface area contributed by atoms with E-state index in [1.807, 2.05) is 0 Å². The average Bonchev–Trinajstić information content (AvgIpc) is 2.07. The molecule has 0 bridgehead atoms.